The molecule has 1 aromatic carbocycles. The highest BCUT2D eigenvalue weighted by Gasteiger charge is 2.27. The normalized spacial score (nSPS) is 14.2. The molecule has 0 saturated carbocycles. The number of benzene rings is 1. The fraction of sp³-hybridized carbons (Fsp3) is 0.385. The quantitative estimate of drug-likeness (QED) is 0.846. The third-order valence-corrected chi connectivity index (χ3v) is 3.10. The fourth-order valence-corrected chi connectivity index (χ4v) is 2.10. The first-order valence-electron chi connectivity index (χ1n) is 5.35. The lowest BCUT2D eigenvalue weighted by atomic mass is 9.88. The summed E-state index contributed by atoms with van der Waals surface area (Å²) in [6.45, 7) is 5.70. The number of aliphatic hydroxyl groups excluding tert-OH is 1. The van der Waals surface area contributed by atoms with Gasteiger partial charge in [0.05, 0.1) is 0 Å². The summed E-state index contributed by atoms with van der Waals surface area (Å²) in [7, 11) is 0. The second-order valence-corrected chi connectivity index (χ2v) is 6.14. The Balaban J connectivity index is 2.56. The van der Waals surface area contributed by atoms with Gasteiger partial charge in [0.15, 0.2) is 11.4 Å². The lowest BCUT2D eigenvalue weighted by Gasteiger charge is -2.23. The van der Waals surface area contributed by atoms with Crippen molar-refractivity contribution in [3.63, 3.8) is 0 Å². The van der Waals surface area contributed by atoms with Gasteiger partial charge >= 0.3 is 0 Å². The number of hydrogen-bond donors (Lipinski definition) is 1. The molecule has 2 aromatic rings. The lowest BCUT2D eigenvalue weighted by Crippen LogP contribution is -2.16. The van der Waals surface area contributed by atoms with E-state index in [0.29, 0.717) is 15.6 Å². The number of rotatable bonds is 1. The lowest BCUT2D eigenvalue weighted by molar-refractivity contribution is 0.0447. The molecule has 0 aliphatic rings. The van der Waals surface area contributed by atoms with Gasteiger partial charge in [0.25, 0.3) is 0 Å². The molecule has 1 unspecified atom stereocenters. The Labute approximate surface area is 108 Å². The number of halogens is 2. The molecular weight excluding hydrogens is 287 g/mol. The molecule has 1 N–H and O–H groups in total. The minimum Gasteiger partial charge on any atom is -0.455 e. The topological polar surface area (TPSA) is 33.4 Å². The van der Waals surface area contributed by atoms with Crippen molar-refractivity contribution < 1.29 is 13.9 Å². The molecule has 1 heterocycles. The van der Waals surface area contributed by atoms with Crippen LogP contribution in [0.4, 0.5) is 4.39 Å². The molecule has 17 heavy (non-hydrogen) atoms. The summed E-state index contributed by atoms with van der Waals surface area (Å²) in [6, 6.07) is 4.79. The van der Waals surface area contributed by atoms with Gasteiger partial charge in [-0.15, -0.1) is 0 Å². The van der Waals surface area contributed by atoms with Crippen LogP contribution in [-0.2, 0) is 0 Å². The van der Waals surface area contributed by atoms with E-state index in [-0.39, 0.29) is 11.0 Å². The van der Waals surface area contributed by atoms with Gasteiger partial charge in [-0.1, -0.05) is 36.7 Å². The van der Waals surface area contributed by atoms with Crippen LogP contribution in [0.15, 0.2) is 27.1 Å². The predicted molar refractivity (Wildman–Crippen MR) is 68.3 cm³/mol. The molecule has 1 aromatic heterocycles. The largest absolute Gasteiger partial charge is 0.455 e. The van der Waals surface area contributed by atoms with Gasteiger partial charge in [0.1, 0.15) is 11.9 Å². The molecule has 0 bridgehead atoms. The van der Waals surface area contributed by atoms with Crippen molar-refractivity contribution in [2.45, 2.75) is 26.9 Å². The van der Waals surface area contributed by atoms with Gasteiger partial charge in [0.2, 0.25) is 0 Å². The van der Waals surface area contributed by atoms with Crippen LogP contribution in [0.2, 0.25) is 0 Å². The van der Waals surface area contributed by atoms with Crippen LogP contribution >= 0.6 is 15.9 Å². The van der Waals surface area contributed by atoms with Crippen molar-refractivity contribution in [2.75, 3.05) is 0 Å². The van der Waals surface area contributed by atoms with Gasteiger partial charge < -0.3 is 9.52 Å². The number of furan rings is 1. The van der Waals surface area contributed by atoms with Gasteiger partial charge in [-0.3, -0.25) is 0 Å². The van der Waals surface area contributed by atoms with Gasteiger partial charge in [-0.05, 0) is 23.6 Å². The Bertz CT molecular complexity index is 554. The first-order chi connectivity index (χ1) is 7.79. The number of fused-ring (bicyclic) bond motifs is 1. The van der Waals surface area contributed by atoms with Gasteiger partial charge in [-0.2, -0.15) is 0 Å². The van der Waals surface area contributed by atoms with E-state index in [1.165, 1.54) is 6.07 Å². The Kier molecular flexibility index (Phi) is 3.04. The summed E-state index contributed by atoms with van der Waals surface area (Å²) in [5, 5.41) is 10.7. The molecule has 0 fully saturated rings. The Morgan fingerprint density at radius 1 is 1.29 bits per heavy atom. The Hall–Kier alpha value is -0.870. The monoisotopic (exact) mass is 300 g/mol. The zero-order valence-electron chi connectivity index (χ0n) is 9.92. The van der Waals surface area contributed by atoms with Crippen LogP contribution in [0.25, 0.3) is 11.0 Å². The van der Waals surface area contributed by atoms with Crippen LogP contribution in [0.5, 0.6) is 0 Å². The van der Waals surface area contributed by atoms with Crippen LogP contribution in [0, 0.1) is 11.2 Å². The second-order valence-electron chi connectivity index (χ2n) is 5.22. The minimum atomic E-state index is -0.756. The van der Waals surface area contributed by atoms with Crippen LogP contribution in [0.1, 0.15) is 32.6 Å². The standard InChI is InChI=1S/C13H14BrFO2/c1-13(2,3)12(16)10-5-7-4-8(14)6-9(15)11(7)17-10/h4-6,12,16H,1-3H3. The average Bonchev–Trinajstić information content (AvgIpc) is 2.58. The third kappa shape index (κ3) is 2.38. The zero-order chi connectivity index (χ0) is 12.8. The second kappa shape index (κ2) is 4.10. The Morgan fingerprint density at radius 3 is 2.53 bits per heavy atom. The van der Waals surface area contributed by atoms with E-state index in [1.54, 1.807) is 12.1 Å². The fourth-order valence-electron chi connectivity index (χ4n) is 1.66. The van der Waals surface area contributed by atoms with E-state index < -0.39 is 11.9 Å². The maximum Gasteiger partial charge on any atom is 0.170 e. The first-order valence-corrected chi connectivity index (χ1v) is 6.15. The van der Waals surface area contributed by atoms with E-state index >= 15 is 0 Å². The molecule has 2 rings (SSSR count). The summed E-state index contributed by atoms with van der Waals surface area (Å²) in [6.07, 6.45) is -0.756. The molecular formula is C13H14BrFO2. The SMILES string of the molecule is CC(C)(C)C(O)c1cc2cc(Br)cc(F)c2o1. The first kappa shape index (κ1) is 12.6. The Morgan fingerprint density at radius 2 is 1.94 bits per heavy atom. The van der Waals surface area contributed by atoms with Crippen LogP contribution in [0.3, 0.4) is 0 Å². The summed E-state index contributed by atoms with van der Waals surface area (Å²) in [4.78, 5) is 0. The minimum absolute atomic E-state index is 0.187. The van der Waals surface area contributed by atoms with Crippen molar-refractivity contribution in [2.24, 2.45) is 5.41 Å². The van der Waals surface area contributed by atoms with E-state index in [9.17, 15) is 9.50 Å². The molecule has 0 aliphatic heterocycles. The zero-order valence-corrected chi connectivity index (χ0v) is 11.5. The highest BCUT2D eigenvalue weighted by atomic mass is 79.9. The molecule has 0 spiro atoms. The molecule has 2 nitrogen and oxygen atoms in total. The van der Waals surface area contributed by atoms with Crippen molar-refractivity contribution in [3.8, 4) is 0 Å². The summed E-state index contributed by atoms with van der Waals surface area (Å²) in [5.74, 6) is -0.0359. The van der Waals surface area contributed by atoms with E-state index in [4.69, 9.17) is 4.42 Å². The summed E-state index contributed by atoms with van der Waals surface area (Å²) >= 11 is 3.22. The molecule has 0 amide bonds. The maximum atomic E-state index is 13.6. The highest BCUT2D eigenvalue weighted by Crippen LogP contribution is 2.36. The van der Waals surface area contributed by atoms with Crippen LogP contribution in [-0.4, -0.2) is 5.11 Å². The van der Waals surface area contributed by atoms with Crippen molar-refractivity contribution in [1.29, 1.82) is 0 Å². The predicted octanol–water partition coefficient (Wildman–Crippen LogP) is 4.41. The summed E-state index contributed by atoms with van der Waals surface area (Å²) < 4.78 is 19.7. The molecule has 4 heteroatoms. The molecule has 1 atom stereocenters. The third-order valence-electron chi connectivity index (χ3n) is 2.64. The van der Waals surface area contributed by atoms with Gasteiger partial charge in [0, 0.05) is 9.86 Å². The number of hydrogen-bond acceptors (Lipinski definition) is 2. The average molecular weight is 301 g/mol. The van der Waals surface area contributed by atoms with E-state index in [2.05, 4.69) is 15.9 Å². The molecule has 0 aliphatic carbocycles. The smallest absolute Gasteiger partial charge is 0.170 e. The maximum absolute atomic E-state index is 13.6. The number of aliphatic hydroxyl groups is 1. The van der Waals surface area contributed by atoms with E-state index in [1.807, 2.05) is 20.8 Å². The van der Waals surface area contributed by atoms with Crippen molar-refractivity contribution in [3.05, 3.63) is 34.2 Å². The molecule has 92 valence electrons. The van der Waals surface area contributed by atoms with Crippen molar-refractivity contribution in [1.82, 2.24) is 0 Å². The van der Waals surface area contributed by atoms with Crippen molar-refractivity contribution >= 4 is 26.9 Å². The summed E-state index contributed by atoms with van der Waals surface area (Å²) in [5.41, 5.74) is -0.159. The molecule has 0 radical (unpaired) electrons. The highest BCUT2D eigenvalue weighted by molar-refractivity contribution is 9.10. The van der Waals surface area contributed by atoms with E-state index in [0.717, 1.165) is 0 Å². The van der Waals surface area contributed by atoms with Crippen LogP contribution < -0.4 is 0 Å². The van der Waals surface area contributed by atoms with Gasteiger partial charge in [-0.25, -0.2) is 4.39 Å². The molecule has 0 saturated heterocycles.